The highest BCUT2D eigenvalue weighted by Crippen LogP contribution is 2.31. The molecule has 0 aliphatic carbocycles. The molecule has 1 saturated heterocycles. The summed E-state index contributed by atoms with van der Waals surface area (Å²) >= 11 is 1.63. The molecular formula is C24H24N6OS. The van der Waals surface area contributed by atoms with Crippen molar-refractivity contribution in [1.29, 1.82) is 0 Å². The summed E-state index contributed by atoms with van der Waals surface area (Å²) in [5.74, 6) is 1.88. The summed E-state index contributed by atoms with van der Waals surface area (Å²) in [6, 6.07) is 11.7. The van der Waals surface area contributed by atoms with E-state index in [0.29, 0.717) is 24.8 Å². The van der Waals surface area contributed by atoms with Gasteiger partial charge in [0.05, 0.1) is 15.2 Å². The minimum absolute atomic E-state index is 0.0903. The van der Waals surface area contributed by atoms with E-state index in [0.717, 1.165) is 50.7 Å². The fourth-order valence-corrected chi connectivity index (χ4v) is 5.03. The molecule has 4 heterocycles. The van der Waals surface area contributed by atoms with Crippen LogP contribution in [0.3, 0.4) is 0 Å². The van der Waals surface area contributed by atoms with Crippen molar-refractivity contribution in [1.82, 2.24) is 24.8 Å². The van der Waals surface area contributed by atoms with E-state index in [9.17, 15) is 4.79 Å². The van der Waals surface area contributed by atoms with Gasteiger partial charge in [-0.15, -0.1) is 11.3 Å². The Balaban J connectivity index is 1.32. The monoisotopic (exact) mass is 444 g/mol. The fraction of sp³-hybridized carbons (Fsp3) is 0.292. The van der Waals surface area contributed by atoms with Gasteiger partial charge in [0.25, 0.3) is 5.91 Å². The zero-order valence-corrected chi connectivity index (χ0v) is 18.9. The Kier molecular flexibility index (Phi) is 5.53. The number of rotatable bonds is 4. The van der Waals surface area contributed by atoms with Gasteiger partial charge in [-0.25, -0.2) is 15.0 Å². The maximum Gasteiger partial charge on any atom is 0.253 e. The highest BCUT2D eigenvalue weighted by atomic mass is 32.1. The van der Waals surface area contributed by atoms with Crippen LogP contribution in [0.1, 0.15) is 39.8 Å². The van der Waals surface area contributed by atoms with Gasteiger partial charge in [0.2, 0.25) is 0 Å². The molecule has 1 aliphatic heterocycles. The first-order valence-electron chi connectivity index (χ1n) is 10.7. The summed E-state index contributed by atoms with van der Waals surface area (Å²) in [6.45, 7) is 3.42. The average molecular weight is 445 g/mol. The molecule has 7 nitrogen and oxygen atoms in total. The lowest BCUT2D eigenvalue weighted by molar-refractivity contribution is 0.0712. The Morgan fingerprint density at radius 2 is 1.84 bits per heavy atom. The highest BCUT2D eigenvalue weighted by Gasteiger charge is 2.26. The number of amides is 1. The van der Waals surface area contributed by atoms with Gasteiger partial charge in [-0.3, -0.25) is 9.78 Å². The number of pyridine rings is 1. The lowest BCUT2D eigenvalue weighted by atomic mass is 9.92. The molecule has 0 bridgehead atoms. The Hall–Kier alpha value is -3.39. The maximum absolute atomic E-state index is 13.1. The third kappa shape index (κ3) is 4.05. The molecule has 1 N–H and O–H groups in total. The van der Waals surface area contributed by atoms with E-state index in [1.807, 2.05) is 55.3 Å². The first kappa shape index (κ1) is 20.5. The second kappa shape index (κ2) is 8.63. The lowest BCUT2D eigenvalue weighted by Gasteiger charge is -2.32. The van der Waals surface area contributed by atoms with Gasteiger partial charge >= 0.3 is 0 Å². The SMILES string of the molecule is CNc1cc(C2CCN(C(=O)c3ccc4nc(C)sc4c3)CC2)nc(-c2ccncc2)n1. The molecule has 4 aromatic rings. The number of thiazole rings is 1. The van der Waals surface area contributed by atoms with Crippen molar-refractivity contribution in [3.63, 3.8) is 0 Å². The largest absolute Gasteiger partial charge is 0.373 e. The van der Waals surface area contributed by atoms with Gasteiger partial charge in [-0.1, -0.05) is 0 Å². The number of piperidine rings is 1. The van der Waals surface area contributed by atoms with Gasteiger partial charge in [0.1, 0.15) is 5.82 Å². The minimum Gasteiger partial charge on any atom is -0.373 e. The number of nitrogens with zero attached hydrogens (tertiary/aromatic N) is 5. The predicted octanol–water partition coefficient (Wildman–Crippen LogP) is 4.52. The number of benzene rings is 1. The van der Waals surface area contributed by atoms with Gasteiger partial charge in [0, 0.05) is 61.3 Å². The summed E-state index contributed by atoms with van der Waals surface area (Å²) < 4.78 is 1.06. The minimum atomic E-state index is 0.0903. The number of carbonyl (C=O) groups is 1. The normalized spacial score (nSPS) is 14.6. The number of aromatic nitrogens is 4. The molecule has 0 spiro atoms. The van der Waals surface area contributed by atoms with Crippen molar-refractivity contribution in [2.75, 3.05) is 25.5 Å². The Labute approximate surface area is 190 Å². The van der Waals surface area contributed by atoms with Crippen molar-refractivity contribution in [3.8, 4) is 11.4 Å². The third-order valence-electron chi connectivity index (χ3n) is 5.88. The van der Waals surface area contributed by atoms with Crippen molar-refractivity contribution < 1.29 is 4.79 Å². The van der Waals surface area contributed by atoms with E-state index in [1.165, 1.54) is 0 Å². The molecule has 162 valence electrons. The summed E-state index contributed by atoms with van der Waals surface area (Å²) in [4.78, 5) is 33.1. The molecule has 0 radical (unpaired) electrons. The summed E-state index contributed by atoms with van der Waals surface area (Å²) in [6.07, 6.45) is 5.26. The van der Waals surface area contributed by atoms with Crippen molar-refractivity contribution in [3.05, 3.63) is 65.1 Å². The van der Waals surface area contributed by atoms with Gasteiger partial charge in [-0.05, 0) is 50.1 Å². The Bertz CT molecular complexity index is 1260. The summed E-state index contributed by atoms with van der Waals surface area (Å²) in [5.41, 5.74) is 3.65. The number of aryl methyl sites for hydroxylation is 1. The molecule has 0 unspecified atom stereocenters. The van der Waals surface area contributed by atoms with Gasteiger partial charge in [0.15, 0.2) is 5.82 Å². The Morgan fingerprint density at radius 1 is 1.06 bits per heavy atom. The zero-order chi connectivity index (χ0) is 22.1. The first-order valence-corrected chi connectivity index (χ1v) is 11.6. The molecule has 8 heteroatoms. The van der Waals surface area contributed by atoms with E-state index < -0.39 is 0 Å². The van der Waals surface area contributed by atoms with Crippen molar-refractivity contribution in [2.24, 2.45) is 0 Å². The van der Waals surface area contributed by atoms with Crippen molar-refractivity contribution in [2.45, 2.75) is 25.7 Å². The molecule has 1 fully saturated rings. The first-order chi connectivity index (χ1) is 15.6. The van der Waals surface area contributed by atoms with Crippen LogP contribution in [0.25, 0.3) is 21.6 Å². The molecule has 5 rings (SSSR count). The molecule has 0 atom stereocenters. The zero-order valence-electron chi connectivity index (χ0n) is 18.1. The number of nitrogens with one attached hydrogen (secondary N) is 1. The fourth-order valence-electron chi connectivity index (χ4n) is 4.17. The predicted molar refractivity (Wildman–Crippen MR) is 127 cm³/mol. The summed E-state index contributed by atoms with van der Waals surface area (Å²) in [7, 11) is 1.87. The summed E-state index contributed by atoms with van der Waals surface area (Å²) in [5, 5.41) is 4.16. The smallest absolute Gasteiger partial charge is 0.253 e. The van der Waals surface area contributed by atoms with E-state index in [2.05, 4.69) is 20.3 Å². The molecule has 3 aromatic heterocycles. The van der Waals surface area contributed by atoms with Crippen LogP contribution in [0.4, 0.5) is 5.82 Å². The standard InChI is InChI=1S/C24H24N6OS/c1-15-27-19-4-3-18(13-21(19)32-15)24(31)30-11-7-16(8-12-30)20-14-22(25-2)29-23(28-20)17-5-9-26-10-6-17/h3-6,9-10,13-14,16H,7-8,11-12H2,1-2H3,(H,25,28,29). The number of likely N-dealkylation sites (tertiary alicyclic amines) is 1. The topological polar surface area (TPSA) is 83.9 Å². The van der Waals surface area contributed by atoms with Crippen LogP contribution in [0.2, 0.25) is 0 Å². The van der Waals surface area contributed by atoms with E-state index >= 15 is 0 Å². The third-order valence-corrected chi connectivity index (χ3v) is 6.82. The van der Waals surface area contributed by atoms with Crippen LogP contribution in [0.5, 0.6) is 0 Å². The van der Waals surface area contributed by atoms with E-state index in [4.69, 9.17) is 4.98 Å². The highest BCUT2D eigenvalue weighted by molar-refractivity contribution is 7.18. The van der Waals surface area contributed by atoms with Crippen LogP contribution in [-0.2, 0) is 0 Å². The quantitative estimate of drug-likeness (QED) is 0.498. The van der Waals surface area contributed by atoms with E-state index in [1.54, 1.807) is 23.7 Å². The van der Waals surface area contributed by atoms with Crippen LogP contribution < -0.4 is 5.32 Å². The number of hydrogen-bond donors (Lipinski definition) is 1. The van der Waals surface area contributed by atoms with Crippen LogP contribution in [-0.4, -0.2) is 50.9 Å². The molecule has 32 heavy (non-hydrogen) atoms. The van der Waals surface area contributed by atoms with E-state index in [-0.39, 0.29) is 5.91 Å². The molecule has 1 aromatic carbocycles. The lowest BCUT2D eigenvalue weighted by Crippen LogP contribution is -2.38. The molecule has 0 saturated carbocycles. The van der Waals surface area contributed by atoms with Crippen molar-refractivity contribution >= 4 is 33.3 Å². The molecule has 1 amide bonds. The van der Waals surface area contributed by atoms with Crippen LogP contribution in [0, 0.1) is 6.92 Å². The molecular weight excluding hydrogens is 420 g/mol. The number of hydrogen-bond acceptors (Lipinski definition) is 7. The van der Waals surface area contributed by atoms with Crippen LogP contribution >= 0.6 is 11.3 Å². The second-order valence-corrected chi connectivity index (χ2v) is 9.20. The van der Waals surface area contributed by atoms with Gasteiger partial charge in [-0.2, -0.15) is 0 Å². The van der Waals surface area contributed by atoms with Crippen LogP contribution in [0.15, 0.2) is 48.8 Å². The van der Waals surface area contributed by atoms with Gasteiger partial charge < -0.3 is 10.2 Å². The molecule has 1 aliphatic rings. The second-order valence-electron chi connectivity index (χ2n) is 7.97. The number of fused-ring (bicyclic) bond motifs is 1. The number of anilines is 1. The maximum atomic E-state index is 13.1. The number of carbonyl (C=O) groups excluding carboxylic acids is 1. The Morgan fingerprint density at radius 3 is 2.59 bits per heavy atom. The average Bonchev–Trinajstić information content (AvgIpc) is 3.23.